The third-order valence-corrected chi connectivity index (χ3v) is 4.83. The molecule has 5 heteroatoms. The van der Waals surface area contributed by atoms with Crippen molar-refractivity contribution in [2.75, 3.05) is 7.11 Å². The lowest BCUT2D eigenvalue weighted by molar-refractivity contribution is 0.0597. The van der Waals surface area contributed by atoms with Crippen LogP contribution >= 0.6 is 34.7 Å². The Morgan fingerprint density at radius 1 is 1.33 bits per heavy atom. The van der Waals surface area contributed by atoms with E-state index in [0.29, 0.717) is 5.56 Å². The molecule has 2 rings (SSSR count). The number of benzene rings is 1. The van der Waals surface area contributed by atoms with Crippen molar-refractivity contribution in [2.24, 2.45) is 0 Å². The molecule has 0 radical (unpaired) electrons. The van der Waals surface area contributed by atoms with Crippen molar-refractivity contribution in [2.45, 2.75) is 10.6 Å². The fourth-order valence-electron chi connectivity index (χ4n) is 1.45. The molecule has 2 aromatic rings. The molecule has 0 saturated heterocycles. The van der Waals surface area contributed by atoms with Gasteiger partial charge in [-0.15, -0.1) is 23.1 Å². The van der Waals surface area contributed by atoms with E-state index < -0.39 is 0 Å². The lowest BCUT2D eigenvalue weighted by atomic mass is 10.2. The Morgan fingerprint density at radius 3 is 2.78 bits per heavy atom. The molecule has 0 aliphatic rings. The van der Waals surface area contributed by atoms with Crippen LogP contribution < -0.4 is 0 Å². The smallest absolute Gasteiger partial charge is 0.338 e. The Labute approximate surface area is 119 Å². The van der Waals surface area contributed by atoms with Gasteiger partial charge in [-0.1, -0.05) is 23.7 Å². The quantitative estimate of drug-likeness (QED) is 0.615. The van der Waals surface area contributed by atoms with Gasteiger partial charge in [0.25, 0.3) is 0 Å². The van der Waals surface area contributed by atoms with Crippen LogP contribution in [-0.4, -0.2) is 13.1 Å². The third-order valence-electron chi connectivity index (χ3n) is 2.29. The molecule has 0 unspecified atom stereocenters. The molecular formula is C13H11ClO2S2. The van der Waals surface area contributed by atoms with E-state index in [2.05, 4.69) is 0 Å². The van der Waals surface area contributed by atoms with Gasteiger partial charge in [0, 0.05) is 15.5 Å². The lowest BCUT2D eigenvalue weighted by Crippen LogP contribution is -2.02. The highest BCUT2D eigenvalue weighted by atomic mass is 35.5. The van der Waals surface area contributed by atoms with Gasteiger partial charge in [-0.2, -0.15) is 0 Å². The highest BCUT2D eigenvalue weighted by molar-refractivity contribution is 7.98. The summed E-state index contributed by atoms with van der Waals surface area (Å²) in [5, 5.41) is 0. The zero-order chi connectivity index (χ0) is 13.0. The van der Waals surface area contributed by atoms with E-state index in [-0.39, 0.29) is 5.97 Å². The Bertz CT molecular complexity index is 551. The number of hydrogen-bond donors (Lipinski definition) is 0. The minimum atomic E-state index is -0.303. The second-order valence-electron chi connectivity index (χ2n) is 3.48. The summed E-state index contributed by atoms with van der Waals surface area (Å²) in [7, 11) is 1.39. The summed E-state index contributed by atoms with van der Waals surface area (Å²) >= 11 is 9.04. The fraction of sp³-hybridized carbons (Fsp3) is 0.154. The topological polar surface area (TPSA) is 26.3 Å². The van der Waals surface area contributed by atoms with Crippen molar-refractivity contribution < 1.29 is 9.53 Å². The first-order valence-electron chi connectivity index (χ1n) is 5.25. The summed E-state index contributed by atoms with van der Waals surface area (Å²) in [5.74, 6) is 0.494. The maximum absolute atomic E-state index is 11.6. The maximum Gasteiger partial charge on any atom is 0.338 e. The van der Waals surface area contributed by atoms with Gasteiger partial charge in [0.1, 0.15) is 0 Å². The first-order chi connectivity index (χ1) is 8.70. The second-order valence-corrected chi connectivity index (χ2v) is 6.30. The van der Waals surface area contributed by atoms with E-state index >= 15 is 0 Å². The minimum Gasteiger partial charge on any atom is -0.465 e. The molecule has 0 atom stereocenters. The lowest BCUT2D eigenvalue weighted by Gasteiger charge is -2.06. The predicted molar refractivity (Wildman–Crippen MR) is 76.7 cm³/mol. The van der Waals surface area contributed by atoms with Crippen molar-refractivity contribution in [3.63, 3.8) is 0 Å². The highest BCUT2D eigenvalue weighted by Gasteiger charge is 2.11. The van der Waals surface area contributed by atoms with Crippen molar-refractivity contribution in [3.05, 3.63) is 51.2 Å². The minimum absolute atomic E-state index is 0.303. The fourth-order valence-corrected chi connectivity index (χ4v) is 3.62. The van der Waals surface area contributed by atoms with Crippen LogP contribution in [0.5, 0.6) is 0 Å². The maximum atomic E-state index is 11.6. The molecular weight excluding hydrogens is 288 g/mol. The molecule has 0 aliphatic carbocycles. The Morgan fingerprint density at radius 2 is 2.11 bits per heavy atom. The number of rotatable bonds is 4. The molecule has 18 heavy (non-hydrogen) atoms. The van der Waals surface area contributed by atoms with Crippen molar-refractivity contribution in [3.8, 4) is 0 Å². The number of carbonyl (C=O) groups excluding carboxylic acids is 1. The molecule has 1 aromatic heterocycles. The summed E-state index contributed by atoms with van der Waals surface area (Å²) in [5.41, 5.74) is 0.604. The van der Waals surface area contributed by atoms with Crippen LogP contribution in [0.3, 0.4) is 0 Å². The Kier molecular flexibility index (Phi) is 4.69. The van der Waals surface area contributed by atoms with Crippen LogP contribution in [0.1, 0.15) is 15.2 Å². The van der Waals surface area contributed by atoms with Crippen LogP contribution in [0.15, 0.2) is 41.3 Å². The van der Waals surface area contributed by atoms with E-state index in [0.717, 1.165) is 15.0 Å². The van der Waals surface area contributed by atoms with Crippen molar-refractivity contribution in [1.82, 2.24) is 0 Å². The molecule has 0 spiro atoms. The van der Waals surface area contributed by atoms with Gasteiger partial charge < -0.3 is 4.74 Å². The molecule has 0 amide bonds. The summed E-state index contributed by atoms with van der Waals surface area (Å²) in [6.45, 7) is 0. The summed E-state index contributed by atoms with van der Waals surface area (Å²) in [6.07, 6.45) is 0. The van der Waals surface area contributed by atoms with Gasteiger partial charge in [-0.25, -0.2) is 4.79 Å². The van der Waals surface area contributed by atoms with Crippen LogP contribution in [-0.2, 0) is 10.5 Å². The third kappa shape index (κ3) is 3.28. The Hall–Kier alpha value is -0.970. The van der Waals surface area contributed by atoms with Crippen molar-refractivity contribution >= 4 is 40.7 Å². The Balaban J connectivity index is 2.11. The SMILES string of the molecule is COC(=O)c1ccccc1SCc1ccc(Cl)s1. The second kappa shape index (κ2) is 6.27. The summed E-state index contributed by atoms with van der Waals surface area (Å²) in [6, 6.07) is 11.3. The van der Waals surface area contributed by atoms with E-state index in [9.17, 15) is 4.79 Å². The zero-order valence-corrected chi connectivity index (χ0v) is 12.1. The van der Waals surface area contributed by atoms with Gasteiger partial charge in [-0.05, 0) is 24.3 Å². The largest absolute Gasteiger partial charge is 0.465 e. The van der Waals surface area contributed by atoms with Gasteiger partial charge >= 0.3 is 5.97 Å². The zero-order valence-electron chi connectivity index (χ0n) is 9.68. The van der Waals surface area contributed by atoms with Crippen LogP contribution in [0, 0.1) is 0 Å². The standard InChI is InChI=1S/C13H11ClO2S2/c1-16-13(15)10-4-2-3-5-11(10)17-8-9-6-7-12(14)18-9/h2-7H,8H2,1H3. The summed E-state index contributed by atoms with van der Waals surface area (Å²) in [4.78, 5) is 13.7. The van der Waals surface area contributed by atoms with Crippen LogP contribution in [0.25, 0.3) is 0 Å². The number of hydrogen-bond acceptors (Lipinski definition) is 4. The highest BCUT2D eigenvalue weighted by Crippen LogP contribution is 2.30. The molecule has 0 N–H and O–H groups in total. The van der Waals surface area contributed by atoms with E-state index in [1.54, 1.807) is 29.2 Å². The van der Waals surface area contributed by atoms with Crippen molar-refractivity contribution in [1.29, 1.82) is 0 Å². The molecule has 1 aromatic carbocycles. The number of halogens is 1. The van der Waals surface area contributed by atoms with Crippen LogP contribution in [0.2, 0.25) is 4.34 Å². The molecule has 94 valence electrons. The van der Waals surface area contributed by atoms with Gasteiger partial charge in [0.05, 0.1) is 17.0 Å². The number of carbonyl (C=O) groups is 1. The van der Waals surface area contributed by atoms with E-state index in [1.807, 2.05) is 30.3 Å². The van der Waals surface area contributed by atoms with Gasteiger partial charge in [-0.3, -0.25) is 0 Å². The monoisotopic (exact) mass is 298 g/mol. The number of thiophene rings is 1. The molecule has 0 bridgehead atoms. The molecule has 0 aliphatic heterocycles. The van der Waals surface area contributed by atoms with E-state index in [1.165, 1.54) is 12.0 Å². The average molecular weight is 299 g/mol. The summed E-state index contributed by atoms with van der Waals surface area (Å²) < 4.78 is 5.55. The first-order valence-corrected chi connectivity index (χ1v) is 7.43. The number of esters is 1. The first kappa shape index (κ1) is 13.5. The van der Waals surface area contributed by atoms with Gasteiger partial charge in [0.2, 0.25) is 0 Å². The normalized spacial score (nSPS) is 10.3. The average Bonchev–Trinajstić information content (AvgIpc) is 2.81. The number of ether oxygens (including phenoxy) is 1. The molecule has 2 nitrogen and oxygen atoms in total. The molecule has 0 fully saturated rings. The van der Waals surface area contributed by atoms with E-state index in [4.69, 9.17) is 16.3 Å². The molecule has 0 saturated carbocycles. The number of methoxy groups -OCH3 is 1. The van der Waals surface area contributed by atoms with Gasteiger partial charge in [0.15, 0.2) is 0 Å². The number of thioether (sulfide) groups is 1. The predicted octanol–water partition coefficient (Wildman–Crippen LogP) is 4.48. The van der Waals surface area contributed by atoms with Crippen LogP contribution in [0.4, 0.5) is 0 Å². The molecule has 1 heterocycles.